The van der Waals surface area contributed by atoms with Crippen LogP contribution in [-0.4, -0.2) is 30.8 Å². The number of rotatable bonds is 6. The van der Waals surface area contributed by atoms with Crippen molar-refractivity contribution in [3.63, 3.8) is 0 Å². The topological polar surface area (TPSA) is 59.6 Å². The Morgan fingerprint density at radius 3 is 2.56 bits per heavy atom. The second kappa shape index (κ2) is 9.03. The molecule has 0 saturated carbocycles. The standard InChI is InChI=1S/C19H22N2O3S/c1-13(12-24-15-8-5-4-6-9-15)20-19(25)21-17-11-7-10-16(14(17)2)18(22)23-3/h4-11,13H,12H2,1-3H3,(H2,20,21,25)/t13-/m0/s1. The second-order valence-electron chi connectivity index (χ2n) is 5.59. The Labute approximate surface area is 153 Å². The van der Waals surface area contributed by atoms with Crippen LogP contribution in [0, 0.1) is 6.92 Å². The van der Waals surface area contributed by atoms with E-state index in [4.69, 9.17) is 21.7 Å². The van der Waals surface area contributed by atoms with Gasteiger partial charge in [-0.2, -0.15) is 0 Å². The molecule has 2 aromatic rings. The summed E-state index contributed by atoms with van der Waals surface area (Å²) in [7, 11) is 1.36. The van der Waals surface area contributed by atoms with E-state index in [2.05, 4.69) is 10.6 Å². The van der Waals surface area contributed by atoms with Gasteiger partial charge >= 0.3 is 5.97 Å². The highest BCUT2D eigenvalue weighted by atomic mass is 32.1. The first-order valence-corrected chi connectivity index (χ1v) is 8.35. The van der Waals surface area contributed by atoms with E-state index in [1.54, 1.807) is 12.1 Å². The summed E-state index contributed by atoms with van der Waals surface area (Å²) < 4.78 is 10.5. The SMILES string of the molecule is COC(=O)c1cccc(NC(=S)N[C@@H](C)COc2ccccc2)c1C. The molecule has 0 aliphatic heterocycles. The van der Waals surface area contributed by atoms with Gasteiger partial charge in [0.15, 0.2) is 5.11 Å². The lowest BCUT2D eigenvalue weighted by molar-refractivity contribution is 0.0600. The van der Waals surface area contributed by atoms with Crippen LogP contribution in [0.5, 0.6) is 5.75 Å². The minimum Gasteiger partial charge on any atom is -0.491 e. The number of ether oxygens (including phenoxy) is 2. The van der Waals surface area contributed by atoms with Gasteiger partial charge in [0, 0.05) is 5.69 Å². The highest BCUT2D eigenvalue weighted by molar-refractivity contribution is 7.80. The Kier molecular flexibility index (Phi) is 6.77. The first-order valence-electron chi connectivity index (χ1n) is 7.94. The molecule has 0 aliphatic rings. The molecule has 0 aromatic heterocycles. The molecule has 0 amide bonds. The molecule has 0 heterocycles. The molecule has 0 unspecified atom stereocenters. The molecule has 1 atom stereocenters. The van der Waals surface area contributed by atoms with Gasteiger partial charge in [-0.3, -0.25) is 0 Å². The Balaban J connectivity index is 1.90. The third-order valence-corrected chi connectivity index (χ3v) is 3.83. The number of thiocarbonyl (C=S) groups is 1. The van der Waals surface area contributed by atoms with Crippen molar-refractivity contribution in [3.05, 3.63) is 59.7 Å². The van der Waals surface area contributed by atoms with Gasteiger partial charge in [0.25, 0.3) is 0 Å². The molecule has 2 N–H and O–H groups in total. The number of hydrogen-bond donors (Lipinski definition) is 2. The zero-order valence-electron chi connectivity index (χ0n) is 14.5. The number of esters is 1. The largest absolute Gasteiger partial charge is 0.491 e. The second-order valence-corrected chi connectivity index (χ2v) is 6.00. The van der Waals surface area contributed by atoms with Gasteiger partial charge < -0.3 is 20.1 Å². The molecule has 132 valence electrons. The van der Waals surface area contributed by atoms with Crippen LogP contribution >= 0.6 is 12.2 Å². The normalized spacial score (nSPS) is 11.3. The summed E-state index contributed by atoms with van der Waals surface area (Å²) in [5.41, 5.74) is 2.05. The molecular weight excluding hydrogens is 336 g/mol. The van der Waals surface area contributed by atoms with Gasteiger partial charge in [0.1, 0.15) is 12.4 Å². The monoisotopic (exact) mass is 358 g/mol. The lowest BCUT2D eigenvalue weighted by atomic mass is 10.1. The van der Waals surface area contributed by atoms with Crippen molar-refractivity contribution in [2.24, 2.45) is 0 Å². The van der Waals surface area contributed by atoms with Crippen LogP contribution in [-0.2, 0) is 4.74 Å². The number of anilines is 1. The van der Waals surface area contributed by atoms with Crippen molar-refractivity contribution < 1.29 is 14.3 Å². The Morgan fingerprint density at radius 2 is 1.88 bits per heavy atom. The minimum atomic E-state index is -0.371. The number of nitrogens with one attached hydrogen (secondary N) is 2. The van der Waals surface area contributed by atoms with Crippen molar-refractivity contribution >= 4 is 29.0 Å². The van der Waals surface area contributed by atoms with E-state index in [-0.39, 0.29) is 12.0 Å². The fraction of sp³-hybridized carbons (Fsp3) is 0.263. The van der Waals surface area contributed by atoms with E-state index in [1.807, 2.05) is 50.2 Å². The molecule has 0 aliphatic carbocycles. The molecule has 0 fully saturated rings. The van der Waals surface area contributed by atoms with E-state index in [9.17, 15) is 4.79 Å². The van der Waals surface area contributed by atoms with Crippen LogP contribution in [0.1, 0.15) is 22.8 Å². The molecule has 6 heteroatoms. The van der Waals surface area contributed by atoms with Gasteiger partial charge in [-0.25, -0.2) is 4.79 Å². The zero-order valence-corrected chi connectivity index (χ0v) is 15.4. The predicted molar refractivity (Wildman–Crippen MR) is 103 cm³/mol. The van der Waals surface area contributed by atoms with Crippen molar-refractivity contribution in [2.75, 3.05) is 19.0 Å². The van der Waals surface area contributed by atoms with Crippen molar-refractivity contribution in [1.29, 1.82) is 0 Å². The Hall–Kier alpha value is -2.60. The maximum Gasteiger partial charge on any atom is 0.338 e. The average molecular weight is 358 g/mol. The predicted octanol–water partition coefficient (Wildman–Crippen LogP) is 3.54. The van der Waals surface area contributed by atoms with Crippen molar-refractivity contribution in [1.82, 2.24) is 5.32 Å². The number of carbonyl (C=O) groups is 1. The molecule has 0 bridgehead atoms. The summed E-state index contributed by atoms with van der Waals surface area (Å²) in [6.07, 6.45) is 0. The lowest BCUT2D eigenvalue weighted by Crippen LogP contribution is -2.39. The number of hydrogen-bond acceptors (Lipinski definition) is 4. The molecule has 5 nitrogen and oxygen atoms in total. The van der Waals surface area contributed by atoms with Crippen LogP contribution in [0.3, 0.4) is 0 Å². The summed E-state index contributed by atoms with van der Waals surface area (Å²) >= 11 is 5.35. The maximum atomic E-state index is 11.8. The van der Waals surface area contributed by atoms with E-state index in [1.165, 1.54) is 7.11 Å². The zero-order chi connectivity index (χ0) is 18.2. The quantitative estimate of drug-likeness (QED) is 0.608. The van der Waals surface area contributed by atoms with Crippen molar-refractivity contribution in [3.8, 4) is 5.75 Å². The number of carbonyl (C=O) groups excluding carboxylic acids is 1. The highest BCUT2D eigenvalue weighted by Crippen LogP contribution is 2.19. The van der Waals surface area contributed by atoms with E-state index in [0.29, 0.717) is 17.3 Å². The molecule has 2 rings (SSSR count). The van der Waals surface area contributed by atoms with Gasteiger partial charge in [-0.05, 0) is 55.9 Å². The molecular formula is C19H22N2O3S. The maximum absolute atomic E-state index is 11.8. The fourth-order valence-corrected chi connectivity index (χ4v) is 2.58. The first kappa shape index (κ1) is 18.7. The number of methoxy groups -OCH3 is 1. The van der Waals surface area contributed by atoms with Crippen molar-refractivity contribution in [2.45, 2.75) is 19.9 Å². The molecule has 0 radical (unpaired) electrons. The van der Waals surface area contributed by atoms with Crippen LogP contribution in [0.4, 0.5) is 5.69 Å². The summed E-state index contributed by atoms with van der Waals surface area (Å²) in [6.45, 7) is 4.31. The van der Waals surface area contributed by atoms with E-state index < -0.39 is 0 Å². The third-order valence-electron chi connectivity index (χ3n) is 3.61. The lowest BCUT2D eigenvalue weighted by Gasteiger charge is -2.19. The molecule has 0 spiro atoms. The number of para-hydroxylation sites is 1. The Bertz CT molecular complexity index is 735. The van der Waals surface area contributed by atoms with Crippen LogP contribution < -0.4 is 15.4 Å². The van der Waals surface area contributed by atoms with Crippen LogP contribution in [0.15, 0.2) is 48.5 Å². The highest BCUT2D eigenvalue weighted by Gasteiger charge is 2.13. The van der Waals surface area contributed by atoms with Crippen LogP contribution in [0.2, 0.25) is 0 Å². The minimum absolute atomic E-state index is 0.0179. The van der Waals surface area contributed by atoms with Gasteiger partial charge in [0.05, 0.1) is 18.7 Å². The van der Waals surface area contributed by atoms with E-state index in [0.717, 1.165) is 17.0 Å². The van der Waals surface area contributed by atoms with E-state index >= 15 is 0 Å². The smallest absolute Gasteiger partial charge is 0.338 e. The van der Waals surface area contributed by atoms with Gasteiger partial charge in [-0.15, -0.1) is 0 Å². The molecule has 25 heavy (non-hydrogen) atoms. The third kappa shape index (κ3) is 5.46. The summed E-state index contributed by atoms with van der Waals surface area (Å²) in [4.78, 5) is 11.8. The van der Waals surface area contributed by atoms with Crippen LogP contribution in [0.25, 0.3) is 0 Å². The van der Waals surface area contributed by atoms with Gasteiger partial charge in [0.2, 0.25) is 0 Å². The van der Waals surface area contributed by atoms with Gasteiger partial charge in [-0.1, -0.05) is 24.3 Å². The molecule has 2 aromatic carbocycles. The average Bonchev–Trinajstić information content (AvgIpc) is 2.62. The fourth-order valence-electron chi connectivity index (χ4n) is 2.26. The number of benzene rings is 2. The summed E-state index contributed by atoms with van der Waals surface area (Å²) in [6, 6.07) is 15.0. The summed E-state index contributed by atoms with van der Waals surface area (Å²) in [5.74, 6) is 0.446. The first-order chi connectivity index (χ1) is 12.0. The summed E-state index contributed by atoms with van der Waals surface area (Å²) in [5, 5.41) is 6.75. The molecule has 0 saturated heterocycles. The Morgan fingerprint density at radius 1 is 1.16 bits per heavy atom.